The molecule has 12 heteroatoms. The van der Waals surface area contributed by atoms with Crippen molar-refractivity contribution in [3.05, 3.63) is 131 Å². The Balaban J connectivity index is 1.83. The summed E-state index contributed by atoms with van der Waals surface area (Å²) in [5.74, 6) is -2.29. The van der Waals surface area contributed by atoms with Crippen LogP contribution in [0.5, 0.6) is 5.75 Å². The Bertz CT molecular complexity index is 2350. The van der Waals surface area contributed by atoms with Crippen molar-refractivity contribution < 1.29 is 25.2 Å². The lowest BCUT2D eigenvalue weighted by Gasteiger charge is -2.34. The Labute approximate surface area is 250 Å². The molecule has 2 unspecified atom stereocenters. The maximum Gasteiger partial charge on any atom is 0.260 e. The van der Waals surface area contributed by atoms with Crippen molar-refractivity contribution in [2.75, 3.05) is 19.5 Å². The number of aromatic nitrogens is 1. The molecule has 0 amide bonds. The van der Waals surface area contributed by atoms with E-state index in [4.69, 9.17) is 4.74 Å². The predicted octanol–water partition coefficient (Wildman–Crippen LogP) is -0.0566. The fraction of sp³-hybridized carbons (Fsp3) is 0.219. The molecule has 1 heterocycles. The molecule has 11 nitrogen and oxygen atoms in total. The number of allylic oxidation sites excluding steroid dienone is 3. The minimum absolute atomic E-state index is 0.0454. The largest absolute Gasteiger partial charge is 0.510 e. The average molecular weight is 616 g/mol. The Hall–Kier alpha value is -4.78. The van der Waals surface area contributed by atoms with Gasteiger partial charge in [0.15, 0.2) is 10.9 Å². The van der Waals surface area contributed by atoms with E-state index in [-0.39, 0.29) is 28.9 Å². The topological polar surface area (TPSA) is 191 Å². The number of aromatic amines is 1. The van der Waals surface area contributed by atoms with Gasteiger partial charge in [0.05, 0.1) is 44.2 Å². The number of thioether (sulfide) groups is 1. The van der Waals surface area contributed by atoms with Crippen LogP contribution in [0.1, 0.15) is 29.8 Å². The third kappa shape index (κ3) is 3.68. The van der Waals surface area contributed by atoms with Gasteiger partial charge in [0.25, 0.3) is 5.56 Å². The van der Waals surface area contributed by atoms with Crippen LogP contribution in [-0.2, 0) is 10.2 Å². The Morgan fingerprint density at radius 1 is 0.932 bits per heavy atom. The fourth-order valence-corrected chi connectivity index (χ4v) is 7.97. The summed E-state index contributed by atoms with van der Waals surface area (Å²) in [4.78, 5) is 68.8. The SMILES string of the molecule is C/C=C/C=C/c1cc2cc3c(c(O)c2c(=O)[nH]1)C1(C(O)=c2c(=O)c4c(=O)ccc(=O)c=4c(=O)c2=C1O)C(SCCO)C3OC. The molecule has 2 aromatic rings. The van der Waals surface area contributed by atoms with Crippen molar-refractivity contribution in [1.29, 1.82) is 0 Å². The average Bonchev–Trinajstić information content (AvgIpc) is 3.40. The number of methoxy groups -OCH3 is 1. The molecule has 0 saturated carbocycles. The first-order valence-corrected chi connectivity index (χ1v) is 14.6. The highest BCUT2D eigenvalue weighted by Crippen LogP contribution is 2.62. The number of nitrogens with one attached hydrogen (secondary N) is 1. The smallest absolute Gasteiger partial charge is 0.260 e. The van der Waals surface area contributed by atoms with Crippen LogP contribution in [0.25, 0.3) is 28.4 Å². The van der Waals surface area contributed by atoms with Crippen molar-refractivity contribution >= 4 is 40.1 Å². The molecular formula is C32H25NO10S. The minimum Gasteiger partial charge on any atom is -0.510 e. The van der Waals surface area contributed by atoms with Crippen LogP contribution in [-0.4, -0.2) is 50.1 Å². The molecule has 1 aromatic carbocycles. The number of aliphatic hydroxyl groups excluding tert-OH is 3. The second-order valence-electron chi connectivity index (χ2n) is 10.5. The summed E-state index contributed by atoms with van der Waals surface area (Å²) >= 11 is 1.03. The summed E-state index contributed by atoms with van der Waals surface area (Å²) in [6.07, 6.45) is 5.90. The highest BCUT2D eigenvalue weighted by atomic mass is 32.2. The van der Waals surface area contributed by atoms with Crippen molar-refractivity contribution in [1.82, 2.24) is 4.98 Å². The first kappa shape index (κ1) is 29.3. The van der Waals surface area contributed by atoms with E-state index in [1.165, 1.54) is 7.11 Å². The molecule has 4 aliphatic carbocycles. The van der Waals surface area contributed by atoms with Crippen LogP contribution in [0.4, 0.5) is 0 Å². The van der Waals surface area contributed by atoms with Crippen LogP contribution < -0.4 is 37.7 Å². The summed E-state index contributed by atoms with van der Waals surface area (Å²) in [6, 6.07) is 4.87. The van der Waals surface area contributed by atoms with Gasteiger partial charge in [-0.3, -0.25) is 24.0 Å². The molecule has 0 radical (unpaired) electrons. The van der Waals surface area contributed by atoms with E-state index in [2.05, 4.69) is 4.98 Å². The molecule has 0 fully saturated rings. The number of phenols is 1. The highest BCUT2D eigenvalue weighted by molar-refractivity contribution is 8.00. The van der Waals surface area contributed by atoms with Crippen molar-refractivity contribution in [2.24, 2.45) is 0 Å². The first-order valence-electron chi connectivity index (χ1n) is 13.5. The number of hydrogen-bond donors (Lipinski definition) is 5. The van der Waals surface area contributed by atoms with E-state index in [0.29, 0.717) is 11.1 Å². The van der Waals surface area contributed by atoms with E-state index in [1.54, 1.807) is 36.4 Å². The second-order valence-corrected chi connectivity index (χ2v) is 11.7. The number of ether oxygens (including phenoxy) is 1. The zero-order valence-corrected chi connectivity index (χ0v) is 24.2. The summed E-state index contributed by atoms with van der Waals surface area (Å²) in [5, 5.41) is 41.6. The Morgan fingerprint density at radius 2 is 1.55 bits per heavy atom. The number of H-pyrrole nitrogens is 1. The zero-order valence-electron chi connectivity index (χ0n) is 23.3. The van der Waals surface area contributed by atoms with Gasteiger partial charge < -0.3 is 30.1 Å². The van der Waals surface area contributed by atoms with Gasteiger partial charge in [0.1, 0.15) is 22.7 Å². The van der Waals surface area contributed by atoms with E-state index in [9.17, 15) is 44.4 Å². The summed E-state index contributed by atoms with van der Waals surface area (Å²) < 4.78 is 5.82. The molecule has 224 valence electrons. The normalized spacial score (nSPS) is 18.9. The molecule has 5 N–H and O–H groups in total. The summed E-state index contributed by atoms with van der Waals surface area (Å²) in [7, 11) is 1.35. The lowest BCUT2D eigenvalue weighted by Crippen LogP contribution is -2.51. The molecular weight excluding hydrogens is 590 g/mol. The molecule has 1 aromatic heterocycles. The van der Waals surface area contributed by atoms with Crippen LogP contribution in [0.3, 0.4) is 0 Å². The molecule has 0 saturated heterocycles. The maximum absolute atomic E-state index is 13.7. The number of rotatable bonds is 6. The van der Waals surface area contributed by atoms with Gasteiger partial charge in [-0.15, -0.1) is 0 Å². The quantitative estimate of drug-likeness (QED) is 0.183. The van der Waals surface area contributed by atoms with Crippen LogP contribution in [0, 0.1) is 10.4 Å². The molecule has 0 bridgehead atoms. The van der Waals surface area contributed by atoms with E-state index in [0.717, 1.165) is 23.9 Å². The fourth-order valence-electron chi connectivity index (χ4n) is 6.59. The minimum atomic E-state index is -2.23. The third-order valence-corrected chi connectivity index (χ3v) is 9.67. The molecule has 0 aliphatic heterocycles. The number of pyridine rings is 1. The van der Waals surface area contributed by atoms with Crippen molar-refractivity contribution in [2.45, 2.75) is 23.7 Å². The van der Waals surface area contributed by atoms with Gasteiger partial charge in [-0.1, -0.05) is 18.2 Å². The number of hydrogen-bond acceptors (Lipinski definition) is 11. The van der Waals surface area contributed by atoms with E-state index in [1.807, 2.05) is 6.92 Å². The lowest BCUT2D eigenvalue weighted by atomic mass is 9.78. The van der Waals surface area contributed by atoms with Gasteiger partial charge in [-0.25, -0.2) is 0 Å². The number of aliphatic hydroxyl groups is 3. The molecule has 4 aliphatic rings. The van der Waals surface area contributed by atoms with Gasteiger partial charge >= 0.3 is 0 Å². The highest BCUT2D eigenvalue weighted by Gasteiger charge is 2.63. The predicted molar refractivity (Wildman–Crippen MR) is 165 cm³/mol. The molecule has 2 atom stereocenters. The molecule has 1 spiro atoms. The number of fused-ring (bicyclic) bond motifs is 4. The van der Waals surface area contributed by atoms with Gasteiger partial charge in [-0.05, 0) is 48.2 Å². The molecule has 6 rings (SSSR count). The van der Waals surface area contributed by atoms with Crippen LogP contribution in [0.2, 0.25) is 0 Å². The summed E-state index contributed by atoms with van der Waals surface area (Å²) in [6.45, 7) is 1.49. The second kappa shape index (κ2) is 10.4. The van der Waals surface area contributed by atoms with Gasteiger partial charge in [0, 0.05) is 24.1 Å². The van der Waals surface area contributed by atoms with Gasteiger partial charge in [0.2, 0.25) is 10.9 Å². The molecule has 44 heavy (non-hydrogen) atoms. The van der Waals surface area contributed by atoms with E-state index >= 15 is 0 Å². The lowest BCUT2D eigenvalue weighted by molar-refractivity contribution is 0.101. The monoisotopic (exact) mass is 615 g/mol. The third-order valence-electron chi connectivity index (χ3n) is 8.29. The number of aromatic hydroxyl groups is 1. The van der Waals surface area contributed by atoms with Gasteiger partial charge in [-0.2, -0.15) is 11.8 Å². The summed E-state index contributed by atoms with van der Waals surface area (Å²) in [5.41, 5.74) is -6.54. The standard InChI is InChI=1S/C32H25NO10S/c1-3-4-5-6-14-11-13-12-15-23(26(39)18(13)31(42)33-14)32(30(27(15)43-2)44-10-9-34)28(40)21-22(29(32)41)25(38)20-17(36)8-7-16(35)19(20)24(21)37/h3-8,11-12,27,30,34,39-41H,9-10H2,1-2H3,(H,33,42)/b4-3+,6-5+. The Kier molecular flexibility index (Phi) is 6.95. The maximum atomic E-state index is 13.7. The van der Waals surface area contributed by atoms with Crippen molar-refractivity contribution in [3.63, 3.8) is 0 Å². The van der Waals surface area contributed by atoms with Crippen molar-refractivity contribution in [3.8, 4) is 5.75 Å². The van der Waals surface area contributed by atoms with E-state index < -0.39 is 82.2 Å². The first-order chi connectivity index (χ1) is 21.1. The Morgan fingerprint density at radius 3 is 2.09 bits per heavy atom. The van der Waals surface area contributed by atoms with Crippen LogP contribution in [0.15, 0.2) is 66.5 Å². The zero-order chi connectivity index (χ0) is 31.7. The number of benzene rings is 1. The number of phenolic OH excluding ortho intramolecular Hbond substituents is 1. The van der Waals surface area contributed by atoms with Crippen LogP contribution >= 0.6 is 11.8 Å².